The number of carbonyl (C=O) groups is 2. The second-order valence-electron chi connectivity index (χ2n) is 5.70. The minimum atomic E-state index is -0.454. The summed E-state index contributed by atoms with van der Waals surface area (Å²) >= 11 is 0. The maximum absolute atomic E-state index is 12.3. The van der Waals surface area contributed by atoms with E-state index in [9.17, 15) is 9.59 Å². The largest absolute Gasteiger partial charge is 0.462 e. The van der Waals surface area contributed by atoms with Gasteiger partial charge in [0.25, 0.3) is 0 Å². The molecule has 0 amide bonds. The Balaban J connectivity index is 2.03. The summed E-state index contributed by atoms with van der Waals surface area (Å²) in [5, 5.41) is 0. The zero-order valence-corrected chi connectivity index (χ0v) is 13.2. The summed E-state index contributed by atoms with van der Waals surface area (Å²) in [6, 6.07) is 6.71. The van der Waals surface area contributed by atoms with Gasteiger partial charge in [-0.2, -0.15) is 0 Å². The molecule has 0 atom stereocenters. The summed E-state index contributed by atoms with van der Waals surface area (Å²) in [5.41, 5.74) is 0.592. The summed E-state index contributed by atoms with van der Waals surface area (Å²) in [7, 11) is 0. The summed E-state index contributed by atoms with van der Waals surface area (Å²) in [5.74, 6) is -0.875. The van der Waals surface area contributed by atoms with Gasteiger partial charge in [-0.15, -0.1) is 0 Å². The molecule has 4 nitrogen and oxygen atoms in total. The van der Waals surface area contributed by atoms with E-state index in [1.807, 2.05) is 6.92 Å². The van der Waals surface area contributed by atoms with Gasteiger partial charge in [0.05, 0.1) is 17.7 Å². The number of ether oxygens (including phenoxy) is 2. The van der Waals surface area contributed by atoms with Crippen molar-refractivity contribution in [2.24, 2.45) is 0 Å². The van der Waals surface area contributed by atoms with E-state index < -0.39 is 11.9 Å². The minimum Gasteiger partial charge on any atom is -0.462 e. The first kappa shape index (κ1) is 16.5. The number of hydrogen-bond acceptors (Lipinski definition) is 4. The first-order chi connectivity index (χ1) is 10.7. The third kappa shape index (κ3) is 4.58. The number of hydrogen-bond donors (Lipinski definition) is 0. The van der Waals surface area contributed by atoms with Crippen molar-refractivity contribution in [2.45, 2.75) is 58.0 Å². The van der Waals surface area contributed by atoms with Crippen LogP contribution in [-0.2, 0) is 9.47 Å². The van der Waals surface area contributed by atoms with Crippen LogP contribution in [0.3, 0.4) is 0 Å². The number of unbranched alkanes of at least 4 members (excludes halogenated alkanes) is 1. The van der Waals surface area contributed by atoms with Crippen LogP contribution in [0.4, 0.5) is 0 Å². The highest BCUT2D eigenvalue weighted by molar-refractivity contribution is 6.03. The average molecular weight is 304 g/mol. The molecule has 2 rings (SSSR count). The Labute approximate surface area is 131 Å². The normalized spacial score (nSPS) is 15.3. The molecular formula is C18H24O4. The van der Waals surface area contributed by atoms with Gasteiger partial charge in [-0.3, -0.25) is 0 Å². The molecule has 4 heteroatoms. The highest BCUT2D eigenvalue weighted by Gasteiger charge is 2.23. The van der Waals surface area contributed by atoms with Crippen LogP contribution in [0.5, 0.6) is 0 Å². The molecule has 1 aliphatic carbocycles. The molecule has 1 aliphatic rings. The first-order valence-corrected chi connectivity index (χ1v) is 8.19. The maximum atomic E-state index is 12.3. The molecule has 22 heavy (non-hydrogen) atoms. The second kappa shape index (κ2) is 8.57. The van der Waals surface area contributed by atoms with Gasteiger partial charge < -0.3 is 9.47 Å². The van der Waals surface area contributed by atoms with E-state index in [0.717, 1.165) is 38.5 Å². The molecule has 0 radical (unpaired) electrons. The van der Waals surface area contributed by atoms with Gasteiger partial charge in [0.1, 0.15) is 6.10 Å². The third-order valence-electron chi connectivity index (χ3n) is 3.92. The van der Waals surface area contributed by atoms with E-state index >= 15 is 0 Å². The maximum Gasteiger partial charge on any atom is 0.339 e. The molecule has 0 spiro atoms. The molecule has 0 aliphatic heterocycles. The Bertz CT molecular complexity index is 504. The number of carbonyl (C=O) groups excluding carboxylic acids is 2. The van der Waals surface area contributed by atoms with Gasteiger partial charge in [-0.1, -0.05) is 31.9 Å². The third-order valence-corrected chi connectivity index (χ3v) is 3.92. The molecule has 1 fully saturated rings. The molecule has 0 N–H and O–H groups in total. The average Bonchev–Trinajstić information content (AvgIpc) is 2.56. The molecule has 1 aromatic rings. The van der Waals surface area contributed by atoms with Gasteiger partial charge in [-0.05, 0) is 44.2 Å². The zero-order chi connectivity index (χ0) is 15.8. The first-order valence-electron chi connectivity index (χ1n) is 8.19. The van der Waals surface area contributed by atoms with Crippen LogP contribution in [0.2, 0.25) is 0 Å². The predicted octanol–water partition coefficient (Wildman–Crippen LogP) is 4.13. The zero-order valence-electron chi connectivity index (χ0n) is 13.2. The summed E-state index contributed by atoms with van der Waals surface area (Å²) in [4.78, 5) is 24.4. The Morgan fingerprint density at radius 1 is 1.05 bits per heavy atom. The standard InChI is InChI=1S/C18H24O4/c1-2-3-13-21-17(19)15-11-7-8-12-16(15)18(20)22-14-9-5-4-6-10-14/h7-8,11-12,14H,2-6,9-10,13H2,1H3. The summed E-state index contributed by atoms with van der Waals surface area (Å²) in [6.07, 6.45) is 6.97. The summed E-state index contributed by atoms with van der Waals surface area (Å²) < 4.78 is 10.7. The lowest BCUT2D eigenvalue weighted by atomic mass is 9.97. The fourth-order valence-electron chi connectivity index (χ4n) is 2.62. The van der Waals surface area contributed by atoms with Gasteiger partial charge in [0, 0.05) is 0 Å². The number of esters is 2. The van der Waals surface area contributed by atoms with Crippen molar-refractivity contribution in [1.29, 1.82) is 0 Å². The highest BCUT2D eigenvalue weighted by atomic mass is 16.5. The number of benzene rings is 1. The molecule has 0 unspecified atom stereocenters. The topological polar surface area (TPSA) is 52.6 Å². The fraction of sp³-hybridized carbons (Fsp3) is 0.556. The van der Waals surface area contributed by atoms with E-state index in [1.54, 1.807) is 24.3 Å². The van der Waals surface area contributed by atoms with E-state index in [2.05, 4.69) is 0 Å². The van der Waals surface area contributed by atoms with Crippen LogP contribution in [0.15, 0.2) is 24.3 Å². The highest BCUT2D eigenvalue weighted by Crippen LogP contribution is 2.22. The van der Waals surface area contributed by atoms with Gasteiger partial charge in [0.15, 0.2) is 0 Å². The quantitative estimate of drug-likeness (QED) is 0.585. The van der Waals surface area contributed by atoms with E-state index in [-0.39, 0.29) is 6.10 Å². The molecule has 1 aromatic carbocycles. The van der Waals surface area contributed by atoms with Crippen LogP contribution in [0, 0.1) is 0 Å². The SMILES string of the molecule is CCCCOC(=O)c1ccccc1C(=O)OC1CCCCC1. The van der Waals surface area contributed by atoms with Crippen molar-refractivity contribution >= 4 is 11.9 Å². The lowest BCUT2D eigenvalue weighted by Crippen LogP contribution is -2.22. The van der Waals surface area contributed by atoms with Gasteiger partial charge >= 0.3 is 11.9 Å². The van der Waals surface area contributed by atoms with E-state index in [4.69, 9.17) is 9.47 Å². The molecule has 120 valence electrons. The molecule has 1 saturated carbocycles. The van der Waals surface area contributed by atoms with Crippen LogP contribution in [0.25, 0.3) is 0 Å². The van der Waals surface area contributed by atoms with Crippen molar-refractivity contribution in [3.63, 3.8) is 0 Å². The van der Waals surface area contributed by atoms with E-state index in [1.165, 1.54) is 6.42 Å². The lowest BCUT2D eigenvalue weighted by molar-refractivity contribution is 0.0203. The van der Waals surface area contributed by atoms with Crippen molar-refractivity contribution in [3.8, 4) is 0 Å². The van der Waals surface area contributed by atoms with Crippen LogP contribution in [-0.4, -0.2) is 24.6 Å². The van der Waals surface area contributed by atoms with Crippen molar-refractivity contribution in [2.75, 3.05) is 6.61 Å². The number of rotatable bonds is 6. The van der Waals surface area contributed by atoms with Gasteiger partial charge in [-0.25, -0.2) is 9.59 Å². The molecular weight excluding hydrogens is 280 g/mol. The van der Waals surface area contributed by atoms with Crippen molar-refractivity contribution in [3.05, 3.63) is 35.4 Å². The van der Waals surface area contributed by atoms with Gasteiger partial charge in [0.2, 0.25) is 0 Å². The van der Waals surface area contributed by atoms with Crippen LogP contribution >= 0.6 is 0 Å². The molecule has 0 aromatic heterocycles. The Hall–Kier alpha value is -1.84. The molecule has 0 bridgehead atoms. The summed E-state index contributed by atoms with van der Waals surface area (Å²) in [6.45, 7) is 2.41. The Morgan fingerprint density at radius 3 is 2.32 bits per heavy atom. The van der Waals surface area contributed by atoms with Crippen molar-refractivity contribution < 1.29 is 19.1 Å². The minimum absolute atomic E-state index is 0.0228. The van der Waals surface area contributed by atoms with Crippen LogP contribution < -0.4 is 0 Å². The second-order valence-corrected chi connectivity index (χ2v) is 5.70. The monoisotopic (exact) mass is 304 g/mol. The predicted molar refractivity (Wildman–Crippen MR) is 83.9 cm³/mol. The fourth-order valence-corrected chi connectivity index (χ4v) is 2.62. The van der Waals surface area contributed by atoms with Crippen molar-refractivity contribution in [1.82, 2.24) is 0 Å². The van der Waals surface area contributed by atoms with Crippen LogP contribution in [0.1, 0.15) is 72.6 Å². The lowest BCUT2D eigenvalue weighted by Gasteiger charge is -2.22. The molecule has 0 heterocycles. The van der Waals surface area contributed by atoms with E-state index in [0.29, 0.717) is 17.7 Å². The smallest absolute Gasteiger partial charge is 0.339 e. The Morgan fingerprint density at radius 2 is 1.68 bits per heavy atom. The molecule has 0 saturated heterocycles. The Kier molecular flexibility index (Phi) is 6.44.